The molecule has 1 aromatic rings. The van der Waals surface area contributed by atoms with E-state index in [4.69, 9.17) is 4.74 Å². The van der Waals surface area contributed by atoms with Crippen LogP contribution >= 0.6 is 11.3 Å². The number of aromatic nitrogens is 1. The van der Waals surface area contributed by atoms with Gasteiger partial charge >= 0.3 is 5.97 Å². The fraction of sp³-hybridized carbons (Fsp3) is 0.538. The number of ether oxygens (including phenoxy) is 1. The molecule has 0 fully saturated rings. The smallest absolute Gasteiger partial charge is 0.357 e. The molecule has 1 N–H and O–H groups in total. The molecule has 0 unspecified atom stereocenters. The highest BCUT2D eigenvalue weighted by Gasteiger charge is 2.10. The van der Waals surface area contributed by atoms with Crippen LogP contribution in [0.2, 0.25) is 0 Å². The fourth-order valence-corrected chi connectivity index (χ4v) is 2.02. The first-order valence-corrected chi connectivity index (χ1v) is 6.92. The molecule has 0 saturated carbocycles. The van der Waals surface area contributed by atoms with E-state index in [2.05, 4.69) is 22.1 Å². The molecule has 0 aliphatic rings. The number of nitrogens with one attached hydrogen (secondary N) is 1. The third-order valence-electron chi connectivity index (χ3n) is 2.17. The molecular weight excluding hydrogens is 248 g/mol. The Bertz CT molecular complexity index is 432. The number of thiazole rings is 1. The molecule has 1 rings (SSSR count). The molecule has 0 saturated heterocycles. The number of anilines is 1. The van der Waals surface area contributed by atoms with E-state index < -0.39 is 0 Å². The third-order valence-corrected chi connectivity index (χ3v) is 2.97. The van der Waals surface area contributed by atoms with Crippen LogP contribution in [0.4, 0.5) is 5.13 Å². The van der Waals surface area contributed by atoms with Crippen molar-refractivity contribution in [2.24, 2.45) is 0 Å². The summed E-state index contributed by atoms with van der Waals surface area (Å²) < 4.78 is 4.87. The van der Waals surface area contributed by atoms with Crippen molar-refractivity contribution in [2.45, 2.75) is 33.1 Å². The van der Waals surface area contributed by atoms with Crippen molar-refractivity contribution >= 4 is 22.4 Å². The largest absolute Gasteiger partial charge is 0.461 e. The Morgan fingerprint density at radius 3 is 3.11 bits per heavy atom. The number of esters is 1. The molecular formula is C13H18N2O2S. The maximum atomic E-state index is 11.4. The van der Waals surface area contributed by atoms with E-state index in [0.29, 0.717) is 12.3 Å². The molecule has 0 bridgehead atoms. The van der Waals surface area contributed by atoms with Gasteiger partial charge in [-0.05, 0) is 26.7 Å². The van der Waals surface area contributed by atoms with Crippen LogP contribution in [0.5, 0.6) is 0 Å². The number of hydrogen-bond acceptors (Lipinski definition) is 5. The lowest BCUT2D eigenvalue weighted by molar-refractivity contribution is 0.0520. The van der Waals surface area contributed by atoms with Crippen molar-refractivity contribution in [3.8, 4) is 11.8 Å². The molecule has 0 atom stereocenters. The Balaban J connectivity index is 2.26. The standard InChI is InChI=1S/C13H18N2O2S/c1-3-5-6-7-8-9-14-13-15-11(10-18-13)12(16)17-4-2/h10H,4,6-9H2,1-2H3,(H,14,15). The Labute approximate surface area is 112 Å². The topological polar surface area (TPSA) is 51.2 Å². The minimum absolute atomic E-state index is 0.361. The molecule has 4 nitrogen and oxygen atoms in total. The molecule has 0 aliphatic heterocycles. The summed E-state index contributed by atoms with van der Waals surface area (Å²) in [5.41, 5.74) is 0.376. The monoisotopic (exact) mass is 266 g/mol. The van der Waals surface area contributed by atoms with Crippen LogP contribution in [0.25, 0.3) is 0 Å². The molecule has 5 heteroatoms. The van der Waals surface area contributed by atoms with E-state index in [1.165, 1.54) is 11.3 Å². The molecule has 98 valence electrons. The van der Waals surface area contributed by atoms with Crippen molar-refractivity contribution in [1.29, 1.82) is 0 Å². The first kappa shape index (κ1) is 14.5. The maximum Gasteiger partial charge on any atom is 0.357 e. The Morgan fingerprint density at radius 2 is 2.39 bits per heavy atom. The Kier molecular flexibility index (Phi) is 6.89. The second kappa shape index (κ2) is 8.54. The van der Waals surface area contributed by atoms with Crippen LogP contribution in [0.15, 0.2) is 5.38 Å². The van der Waals surface area contributed by atoms with Gasteiger partial charge in [0.15, 0.2) is 10.8 Å². The molecule has 18 heavy (non-hydrogen) atoms. The first-order valence-electron chi connectivity index (χ1n) is 6.04. The van der Waals surface area contributed by atoms with Gasteiger partial charge in [-0.1, -0.05) is 0 Å². The van der Waals surface area contributed by atoms with Crippen LogP contribution in [-0.2, 0) is 4.74 Å². The number of carbonyl (C=O) groups excluding carboxylic acids is 1. The quantitative estimate of drug-likeness (QED) is 0.468. The SMILES string of the molecule is CC#CCCCCNc1nc(C(=O)OCC)cs1. The van der Waals surface area contributed by atoms with Crippen LogP contribution in [0, 0.1) is 11.8 Å². The van der Waals surface area contributed by atoms with E-state index in [1.54, 1.807) is 12.3 Å². The number of carbonyl (C=O) groups is 1. The zero-order valence-corrected chi connectivity index (χ0v) is 11.6. The lowest BCUT2D eigenvalue weighted by Crippen LogP contribution is -2.06. The van der Waals surface area contributed by atoms with Crippen LogP contribution in [-0.4, -0.2) is 24.1 Å². The minimum atomic E-state index is -0.361. The summed E-state index contributed by atoms with van der Waals surface area (Å²) in [5, 5.41) is 5.67. The summed E-state index contributed by atoms with van der Waals surface area (Å²) in [6.45, 7) is 4.85. The van der Waals surface area contributed by atoms with Gasteiger partial charge in [0, 0.05) is 18.3 Å². The fourth-order valence-electron chi connectivity index (χ4n) is 1.31. The molecule has 1 heterocycles. The van der Waals surface area contributed by atoms with Gasteiger partial charge in [-0.2, -0.15) is 0 Å². The highest BCUT2D eigenvalue weighted by molar-refractivity contribution is 7.13. The van der Waals surface area contributed by atoms with Gasteiger partial charge in [0.25, 0.3) is 0 Å². The Hall–Kier alpha value is -1.54. The highest BCUT2D eigenvalue weighted by atomic mass is 32.1. The third kappa shape index (κ3) is 5.19. The van der Waals surface area contributed by atoms with E-state index in [-0.39, 0.29) is 5.97 Å². The van der Waals surface area contributed by atoms with Gasteiger partial charge in [-0.15, -0.1) is 23.2 Å². The van der Waals surface area contributed by atoms with Crippen LogP contribution < -0.4 is 5.32 Å². The average molecular weight is 266 g/mol. The van der Waals surface area contributed by atoms with Gasteiger partial charge in [-0.3, -0.25) is 0 Å². The summed E-state index contributed by atoms with van der Waals surface area (Å²) in [7, 11) is 0. The zero-order valence-electron chi connectivity index (χ0n) is 10.8. The van der Waals surface area contributed by atoms with Crippen molar-refractivity contribution in [2.75, 3.05) is 18.5 Å². The van der Waals surface area contributed by atoms with Crippen molar-refractivity contribution in [1.82, 2.24) is 4.98 Å². The number of hydrogen-bond donors (Lipinski definition) is 1. The number of unbranched alkanes of at least 4 members (excludes halogenated alkanes) is 2. The minimum Gasteiger partial charge on any atom is -0.461 e. The van der Waals surface area contributed by atoms with E-state index in [1.807, 2.05) is 6.92 Å². The summed E-state index contributed by atoms with van der Waals surface area (Å²) in [4.78, 5) is 15.6. The molecule has 0 radical (unpaired) electrons. The summed E-state index contributed by atoms with van der Waals surface area (Å²) in [6, 6.07) is 0. The zero-order chi connectivity index (χ0) is 13.2. The van der Waals surface area contributed by atoms with Crippen LogP contribution in [0.1, 0.15) is 43.6 Å². The summed E-state index contributed by atoms with van der Waals surface area (Å²) >= 11 is 1.42. The van der Waals surface area contributed by atoms with Gasteiger partial charge in [0.05, 0.1) is 6.61 Å². The molecule has 0 amide bonds. The van der Waals surface area contributed by atoms with Gasteiger partial charge in [-0.25, -0.2) is 9.78 Å². The van der Waals surface area contributed by atoms with E-state index in [9.17, 15) is 4.79 Å². The predicted molar refractivity (Wildman–Crippen MR) is 73.9 cm³/mol. The molecule has 0 aliphatic carbocycles. The van der Waals surface area contributed by atoms with Crippen LogP contribution in [0.3, 0.4) is 0 Å². The maximum absolute atomic E-state index is 11.4. The summed E-state index contributed by atoms with van der Waals surface area (Å²) in [5.74, 6) is 5.54. The Morgan fingerprint density at radius 1 is 1.56 bits per heavy atom. The lowest BCUT2D eigenvalue weighted by atomic mass is 10.2. The predicted octanol–water partition coefficient (Wildman–Crippen LogP) is 2.93. The average Bonchev–Trinajstić information content (AvgIpc) is 2.83. The van der Waals surface area contributed by atoms with Gasteiger partial charge in [0.2, 0.25) is 0 Å². The van der Waals surface area contributed by atoms with Gasteiger partial charge < -0.3 is 10.1 Å². The highest BCUT2D eigenvalue weighted by Crippen LogP contribution is 2.16. The van der Waals surface area contributed by atoms with Crippen molar-refractivity contribution in [3.05, 3.63) is 11.1 Å². The van der Waals surface area contributed by atoms with Crippen molar-refractivity contribution < 1.29 is 9.53 Å². The van der Waals surface area contributed by atoms with Gasteiger partial charge in [0.1, 0.15) is 0 Å². The number of nitrogens with zero attached hydrogens (tertiary/aromatic N) is 1. The second-order valence-corrected chi connectivity index (χ2v) is 4.43. The van der Waals surface area contributed by atoms with E-state index in [0.717, 1.165) is 30.9 Å². The first-order chi connectivity index (χ1) is 8.77. The number of rotatable bonds is 7. The second-order valence-electron chi connectivity index (χ2n) is 3.57. The molecule has 1 aromatic heterocycles. The molecule has 0 aromatic carbocycles. The normalized spacial score (nSPS) is 9.44. The van der Waals surface area contributed by atoms with E-state index >= 15 is 0 Å². The summed E-state index contributed by atoms with van der Waals surface area (Å²) in [6.07, 6.45) is 3.05. The molecule has 0 spiro atoms. The lowest BCUT2D eigenvalue weighted by Gasteiger charge is -2.00. The van der Waals surface area contributed by atoms with Crippen molar-refractivity contribution in [3.63, 3.8) is 0 Å².